The van der Waals surface area contributed by atoms with Crippen molar-refractivity contribution < 1.29 is 0 Å². The lowest BCUT2D eigenvalue weighted by atomic mass is 9.98. The lowest BCUT2D eigenvalue weighted by Crippen LogP contribution is -2.45. The number of rotatable bonds is 3. The maximum atomic E-state index is 6.11. The molecule has 1 N–H and O–H groups in total. The summed E-state index contributed by atoms with van der Waals surface area (Å²) >= 11 is 7.95. The van der Waals surface area contributed by atoms with Crippen molar-refractivity contribution in [3.8, 4) is 0 Å². The van der Waals surface area contributed by atoms with Gasteiger partial charge >= 0.3 is 0 Å². The minimum Gasteiger partial charge on any atom is -0.314 e. The largest absolute Gasteiger partial charge is 0.314 e. The van der Waals surface area contributed by atoms with Crippen LogP contribution in [-0.2, 0) is 0 Å². The summed E-state index contributed by atoms with van der Waals surface area (Å²) in [4.78, 5) is 3.98. The Balaban J connectivity index is 2.00. The molecule has 3 rings (SSSR count). The molecular formula is C16H19ClN2S. The molecule has 1 aromatic heterocycles. The zero-order chi connectivity index (χ0) is 13.9. The number of piperazine rings is 1. The van der Waals surface area contributed by atoms with E-state index in [1.165, 1.54) is 16.0 Å². The summed E-state index contributed by atoms with van der Waals surface area (Å²) in [5.41, 5.74) is 2.65. The van der Waals surface area contributed by atoms with Crippen LogP contribution in [0.2, 0.25) is 5.02 Å². The molecule has 2 nitrogen and oxygen atoms in total. The molecule has 1 atom stereocenters. The number of nitrogens with one attached hydrogen (secondary N) is 1. The van der Waals surface area contributed by atoms with E-state index in [2.05, 4.69) is 46.8 Å². The van der Waals surface area contributed by atoms with E-state index in [1.807, 2.05) is 17.4 Å². The van der Waals surface area contributed by atoms with Crippen LogP contribution in [0.4, 0.5) is 0 Å². The van der Waals surface area contributed by atoms with Gasteiger partial charge in [0.2, 0.25) is 0 Å². The summed E-state index contributed by atoms with van der Waals surface area (Å²) in [5.74, 6) is 0. The van der Waals surface area contributed by atoms with Gasteiger partial charge in [0.25, 0.3) is 0 Å². The topological polar surface area (TPSA) is 15.3 Å². The number of benzene rings is 1. The fourth-order valence-electron chi connectivity index (χ4n) is 2.86. The minimum absolute atomic E-state index is 0.356. The zero-order valence-corrected chi connectivity index (χ0v) is 13.2. The number of thiophene rings is 1. The molecule has 0 saturated carbocycles. The third-order valence-electron chi connectivity index (χ3n) is 3.86. The molecule has 1 saturated heterocycles. The molecule has 0 unspecified atom stereocenters. The van der Waals surface area contributed by atoms with Gasteiger partial charge in [-0.15, -0.1) is 11.3 Å². The van der Waals surface area contributed by atoms with Crippen molar-refractivity contribution in [1.29, 1.82) is 0 Å². The van der Waals surface area contributed by atoms with Crippen LogP contribution in [0, 0.1) is 6.92 Å². The van der Waals surface area contributed by atoms with Crippen LogP contribution < -0.4 is 5.32 Å². The fraction of sp³-hybridized carbons (Fsp3) is 0.375. The number of aryl methyl sites for hydroxylation is 1. The smallest absolute Gasteiger partial charge is 0.0699 e. The fourth-order valence-corrected chi connectivity index (χ4v) is 3.97. The highest BCUT2D eigenvalue weighted by Crippen LogP contribution is 2.34. The Bertz CT molecular complexity index is 562. The molecule has 1 aromatic carbocycles. The van der Waals surface area contributed by atoms with Gasteiger partial charge in [-0.2, -0.15) is 0 Å². The Hall–Kier alpha value is -0.870. The number of hydrogen-bond acceptors (Lipinski definition) is 3. The molecule has 2 heterocycles. The standard InChI is InChI=1S/C16H19ClN2S/c1-12-11-13(17)4-5-14(12)16(15-3-2-10-20-15)19-8-6-18-7-9-19/h2-5,10-11,16,18H,6-9H2,1H3/t16-/m1/s1. The summed E-state index contributed by atoms with van der Waals surface area (Å²) in [6.07, 6.45) is 0. The van der Waals surface area contributed by atoms with E-state index < -0.39 is 0 Å². The van der Waals surface area contributed by atoms with Gasteiger partial charge in [-0.3, -0.25) is 4.90 Å². The van der Waals surface area contributed by atoms with Gasteiger partial charge in [0.1, 0.15) is 0 Å². The molecule has 0 amide bonds. The monoisotopic (exact) mass is 306 g/mol. The number of hydrogen-bond donors (Lipinski definition) is 1. The second-order valence-corrected chi connectivity index (χ2v) is 6.62. The average molecular weight is 307 g/mol. The van der Waals surface area contributed by atoms with Gasteiger partial charge in [0, 0.05) is 36.1 Å². The third kappa shape index (κ3) is 2.91. The van der Waals surface area contributed by atoms with Crippen molar-refractivity contribution in [2.45, 2.75) is 13.0 Å². The highest BCUT2D eigenvalue weighted by Gasteiger charge is 2.25. The Morgan fingerprint density at radius 1 is 1.25 bits per heavy atom. The Morgan fingerprint density at radius 3 is 2.70 bits per heavy atom. The van der Waals surface area contributed by atoms with Crippen molar-refractivity contribution in [2.75, 3.05) is 26.2 Å². The van der Waals surface area contributed by atoms with E-state index in [4.69, 9.17) is 11.6 Å². The van der Waals surface area contributed by atoms with E-state index in [9.17, 15) is 0 Å². The molecule has 1 aliphatic heterocycles. The predicted octanol–water partition coefficient (Wildman–Crippen LogP) is 3.70. The molecule has 2 aromatic rings. The van der Waals surface area contributed by atoms with Gasteiger partial charge < -0.3 is 5.32 Å². The van der Waals surface area contributed by atoms with Crippen LogP contribution in [0.25, 0.3) is 0 Å². The quantitative estimate of drug-likeness (QED) is 0.930. The maximum absolute atomic E-state index is 6.11. The van der Waals surface area contributed by atoms with Crippen LogP contribution in [0.5, 0.6) is 0 Å². The van der Waals surface area contributed by atoms with E-state index in [0.717, 1.165) is 31.2 Å². The highest BCUT2D eigenvalue weighted by atomic mass is 35.5. The van der Waals surface area contributed by atoms with Crippen LogP contribution in [0.3, 0.4) is 0 Å². The van der Waals surface area contributed by atoms with Gasteiger partial charge in [-0.1, -0.05) is 23.7 Å². The molecule has 0 bridgehead atoms. The summed E-state index contributed by atoms with van der Waals surface area (Å²) in [6, 6.07) is 11.0. The Labute approximate surface area is 129 Å². The number of halogens is 1. The summed E-state index contributed by atoms with van der Waals surface area (Å²) in [6.45, 7) is 6.46. The molecule has 20 heavy (non-hydrogen) atoms. The second-order valence-electron chi connectivity index (χ2n) is 5.20. The zero-order valence-electron chi connectivity index (χ0n) is 11.6. The average Bonchev–Trinajstić information content (AvgIpc) is 2.97. The van der Waals surface area contributed by atoms with Crippen molar-refractivity contribution in [2.24, 2.45) is 0 Å². The van der Waals surface area contributed by atoms with Crippen LogP contribution >= 0.6 is 22.9 Å². The van der Waals surface area contributed by atoms with Gasteiger partial charge in [0.05, 0.1) is 6.04 Å². The van der Waals surface area contributed by atoms with Gasteiger partial charge in [-0.25, -0.2) is 0 Å². The SMILES string of the molecule is Cc1cc(Cl)ccc1[C@H](c1cccs1)N1CCNCC1. The van der Waals surface area contributed by atoms with Crippen LogP contribution in [0.1, 0.15) is 22.0 Å². The molecule has 4 heteroatoms. The van der Waals surface area contributed by atoms with Crippen LogP contribution in [-0.4, -0.2) is 31.1 Å². The van der Waals surface area contributed by atoms with E-state index in [-0.39, 0.29) is 0 Å². The van der Waals surface area contributed by atoms with E-state index in [1.54, 1.807) is 0 Å². The Kier molecular flexibility index (Phi) is 4.41. The third-order valence-corrected chi connectivity index (χ3v) is 5.02. The minimum atomic E-state index is 0.356. The summed E-state index contributed by atoms with van der Waals surface area (Å²) < 4.78 is 0. The van der Waals surface area contributed by atoms with E-state index in [0.29, 0.717) is 6.04 Å². The summed E-state index contributed by atoms with van der Waals surface area (Å²) in [5, 5.41) is 6.41. The molecule has 1 fully saturated rings. The first-order valence-electron chi connectivity index (χ1n) is 7.00. The number of nitrogens with zero attached hydrogens (tertiary/aromatic N) is 1. The second kappa shape index (κ2) is 6.27. The highest BCUT2D eigenvalue weighted by molar-refractivity contribution is 7.10. The molecule has 0 aliphatic carbocycles. The van der Waals surface area contributed by atoms with E-state index >= 15 is 0 Å². The first kappa shape index (κ1) is 14.1. The molecule has 1 aliphatic rings. The van der Waals surface area contributed by atoms with Crippen molar-refractivity contribution in [3.05, 3.63) is 56.7 Å². The van der Waals surface area contributed by atoms with Gasteiger partial charge in [-0.05, 0) is 41.6 Å². The molecule has 106 valence electrons. The van der Waals surface area contributed by atoms with Gasteiger partial charge in [0.15, 0.2) is 0 Å². The predicted molar refractivity (Wildman–Crippen MR) is 86.8 cm³/mol. The van der Waals surface area contributed by atoms with Crippen molar-refractivity contribution in [1.82, 2.24) is 10.2 Å². The molecule has 0 spiro atoms. The van der Waals surface area contributed by atoms with Crippen molar-refractivity contribution in [3.63, 3.8) is 0 Å². The first-order chi connectivity index (χ1) is 9.75. The molecular weight excluding hydrogens is 288 g/mol. The molecule has 0 radical (unpaired) electrons. The Morgan fingerprint density at radius 2 is 2.05 bits per heavy atom. The first-order valence-corrected chi connectivity index (χ1v) is 8.25. The van der Waals surface area contributed by atoms with Crippen LogP contribution in [0.15, 0.2) is 35.7 Å². The summed E-state index contributed by atoms with van der Waals surface area (Å²) in [7, 11) is 0. The lowest BCUT2D eigenvalue weighted by molar-refractivity contribution is 0.200. The normalized spacial score (nSPS) is 18.1. The maximum Gasteiger partial charge on any atom is 0.0699 e. The van der Waals surface area contributed by atoms with Crippen molar-refractivity contribution >= 4 is 22.9 Å². The lowest BCUT2D eigenvalue weighted by Gasteiger charge is -2.35.